The summed E-state index contributed by atoms with van der Waals surface area (Å²) in [6.45, 7) is 3.89. The molecule has 0 radical (unpaired) electrons. The number of carbonyl (C=O) groups excluding carboxylic acids is 1. The minimum absolute atomic E-state index is 0.164. The van der Waals surface area contributed by atoms with Crippen molar-refractivity contribution >= 4 is 12.0 Å². The van der Waals surface area contributed by atoms with Crippen LogP contribution in [0.4, 0.5) is 0 Å². The van der Waals surface area contributed by atoms with Gasteiger partial charge in [0.2, 0.25) is 0 Å². The lowest BCUT2D eigenvalue weighted by Crippen LogP contribution is -2.22. The molecule has 1 aromatic carbocycles. The Balaban J connectivity index is 2.02. The highest BCUT2D eigenvalue weighted by Gasteiger charge is 2.02. The number of rotatable bonds is 4. The Kier molecular flexibility index (Phi) is 4.25. The van der Waals surface area contributed by atoms with Crippen molar-refractivity contribution in [3.63, 3.8) is 0 Å². The number of nitrogens with one attached hydrogen (secondary N) is 1. The maximum absolute atomic E-state index is 11.9. The molecule has 0 aliphatic rings. The summed E-state index contributed by atoms with van der Waals surface area (Å²) in [5.41, 5.74) is 5.75. The Morgan fingerprint density at radius 1 is 1.10 bits per heavy atom. The molecule has 20 heavy (non-hydrogen) atoms. The summed E-state index contributed by atoms with van der Waals surface area (Å²) in [6.07, 6.45) is 3.28. The number of hydrogen-bond donors (Lipinski definition) is 1. The zero-order chi connectivity index (χ0) is 14.5. The summed E-state index contributed by atoms with van der Waals surface area (Å²) in [5, 5.41) is 0. The van der Waals surface area contributed by atoms with Gasteiger partial charge >= 0.3 is 0 Å². The average molecular weight is 270 g/mol. The number of benzene rings is 1. The van der Waals surface area contributed by atoms with E-state index in [1.165, 1.54) is 6.08 Å². The normalized spacial score (nSPS) is 10.8. The molecule has 0 aliphatic carbocycles. The SMILES string of the molecule is COc1ccc(C=CC(=O)Nn2c(C)ccc2C)cc1. The third-order valence-electron chi connectivity index (χ3n) is 3.04. The Bertz CT molecular complexity index is 605. The van der Waals surface area contributed by atoms with E-state index in [0.29, 0.717) is 0 Å². The molecule has 0 saturated heterocycles. The van der Waals surface area contributed by atoms with Gasteiger partial charge in [-0.05, 0) is 49.8 Å². The van der Waals surface area contributed by atoms with E-state index < -0.39 is 0 Å². The lowest BCUT2D eigenvalue weighted by molar-refractivity contribution is -0.112. The van der Waals surface area contributed by atoms with Gasteiger partial charge < -0.3 is 4.74 Å². The van der Waals surface area contributed by atoms with Gasteiger partial charge in [0.25, 0.3) is 5.91 Å². The van der Waals surface area contributed by atoms with Gasteiger partial charge in [0, 0.05) is 17.5 Å². The van der Waals surface area contributed by atoms with Crippen molar-refractivity contribution in [2.24, 2.45) is 0 Å². The van der Waals surface area contributed by atoms with E-state index in [2.05, 4.69) is 5.43 Å². The molecule has 1 amide bonds. The van der Waals surface area contributed by atoms with E-state index >= 15 is 0 Å². The largest absolute Gasteiger partial charge is 0.497 e. The van der Waals surface area contributed by atoms with Gasteiger partial charge in [0.1, 0.15) is 5.75 Å². The number of hydrogen-bond acceptors (Lipinski definition) is 2. The number of aryl methyl sites for hydroxylation is 2. The first-order valence-corrected chi connectivity index (χ1v) is 6.38. The third kappa shape index (κ3) is 3.29. The predicted molar refractivity (Wildman–Crippen MR) is 80.3 cm³/mol. The summed E-state index contributed by atoms with van der Waals surface area (Å²) in [4.78, 5) is 11.9. The van der Waals surface area contributed by atoms with Gasteiger partial charge in [-0.2, -0.15) is 0 Å². The van der Waals surface area contributed by atoms with Crippen molar-refractivity contribution in [2.75, 3.05) is 12.5 Å². The minimum Gasteiger partial charge on any atom is -0.497 e. The first-order valence-electron chi connectivity index (χ1n) is 6.38. The number of amides is 1. The molecule has 0 unspecified atom stereocenters. The highest BCUT2D eigenvalue weighted by Crippen LogP contribution is 2.12. The van der Waals surface area contributed by atoms with Crippen molar-refractivity contribution in [3.8, 4) is 5.75 Å². The highest BCUT2D eigenvalue weighted by atomic mass is 16.5. The predicted octanol–water partition coefficient (Wildman–Crippen LogP) is 2.90. The van der Waals surface area contributed by atoms with Crippen molar-refractivity contribution in [3.05, 3.63) is 59.4 Å². The lowest BCUT2D eigenvalue weighted by Gasteiger charge is -2.08. The summed E-state index contributed by atoms with van der Waals surface area (Å²) < 4.78 is 6.85. The molecule has 0 fully saturated rings. The van der Waals surface area contributed by atoms with Crippen molar-refractivity contribution < 1.29 is 9.53 Å². The maximum atomic E-state index is 11.9. The zero-order valence-electron chi connectivity index (χ0n) is 11.9. The van der Waals surface area contributed by atoms with Crippen molar-refractivity contribution in [1.82, 2.24) is 4.68 Å². The second-order valence-corrected chi connectivity index (χ2v) is 4.53. The van der Waals surface area contributed by atoms with E-state index in [-0.39, 0.29) is 5.91 Å². The van der Waals surface area contributed by atoms with Crippen LogP contribution < -0.4 is 10.2 Å². The molecule has 104 valence electrons. The molecular formula is C16H18N2O2. The fourth-order valence-electron chi connectivity index (χ4n) is 1.88. The van der Waals surface area contributed by atoms with Gasteiger partial charge in [-0.3, -0.25) is 14.9 Å². The minimum atomic E-state index is -0.164. The molecule has 1 N–H and O–H groups in total. The number of carbonyl (C=O) groups is 1. The van der Waals surface area contributed by atoms with E-state index in [1.807, 2.05) is 50.2 Å². The molecule has 0 bridgehead atoms. The van der Waals surface area contributed by atoms with Crippen LogP contribution in [-0.4, -0.2) is 17.7 Å². The summed E-state index contributed by atoms with van der Waals surface area (Å²) >= 11 is 0. The van der Waals surface area contributed by atoms with Crippen LogP contribution in [0, 0.1) is 13.8 Å². The van der Waals surface area contributed by atoms with Gasteiger partial charge in [-0.1, -0.05) is 12.1 Å². The summed E-state index contributed by atoms with van der Waals surface area (Å²) in [5.74, 6) is 0.633. The average Bonchev–Trinajstić information content (AvgIpc) is 2.77. The molecule has 4 nitrogen and oxygen atoms in total. The van der Waals surface area contributed by atoms with Crippen LogP contribution in [0.1, 0.15) is 17.0 Å². The Labute approximate surface area is 118 Å². The fraction of sp³-hybridized carbons (Fsp3) is 0.188. The van der Waals surface area contributed by atoms with Crippen LogP contribution >= 0.6 is 0 Å². The maximum Gasteiger partial charge on any atom is 0.262 e. The van der Waals surface area contributed by atoms with Crippen LogP contribution in [0.3, 0.4) is 0 Å². The van der Waals surface area contributed by atoms with Crippen LogP contribution in [0.5, 0.6) is 5.75 Å². The Hall–Kier alpha value is -2.49. The van der Waals surface area contributed by atoms with Gasteiger partial charge in [0.15, 0.2) is 0 Å². The fourth-order valence-corrected chi connectivity index (χ4v) is 1.88. The first-order chi connectivity index (χ1) is 9.60. The second-order valence-electron chi connectivity index (χ2n) is 4.53. The topological polar surface area (TPSA) is 43.3 Å². The molecular weight excluding hydrogens is 252 g/mol. The Morgan fingerprint density at radius 2 is 1.70 bits per heavy atom. The third-order valence-corrected chi connectivity index (χ3v) is 3.04. The number of nitrogens with zero attached hydrogens (tertiary/aromatic N) is 1. The molecule has 4 heteroatoms. The number of methoxy groups -OCH3 is 1. The van der Waals surface area contributed by atoms with Gasteiger partial charge in [-0.15, -0.1) is 0 Å². The van der Waals surface area contributed by atoms with E-state index in [9.17, 15) is 4.79 Å². The number of ether oxygens (including phenoxy) is 1. The molecule has 0 spiro atoms. The van der Waals surface area contributed by atoms with E-state index in [1.54, 1.807) is 17.9 Å². The molecule has 1 heterocycles. The van der Waals surface area contributed by atoms with Crippen molar-refractivity contribution in [2.45, 2.75) is 13.8 Å². The first kappa shape index (κ1) is 13.9. The molecule has 1 aromatic heterocycles. The molecule has 0 atom stereocenters. The number of aromatic nitrogens is 1. The monoisotopic (exact) mass is 270 g/mol. The molecule has 0 saturated carbocycles. The molecule has 0 aliphatic heterocycles. The van der Waals surface area contributed by atoms with Crippen LogP contribution in [-0.2, 0) is 4.79 Å². The van der Waals surface area contributed by atoms with Gasteiger partial charge in [-0.25, -0.2) is 0 Å². The zero-order valence-corrected chi connectivity index (χ0v) is 11.9. The van der Waals surface area contributed by atoms with E-state index in [0.717, 1.165) is 22.7 Å². The highest BCUT2D eigenvalue weighted by molar-refractivity contribution is 5.97. The quantitative estimate of drug-likeness (QED) is 0.868. The summed E-state index contributed by atoms with van der Waals surface area (Å²) in [6, 6.07) is 11.4. The standard InChI is InChI=1S/C16H18N2O2/c1-12-4-5-13(2)18(12)17-16(19)11-8-14-6-9-15(20-3)10-7-14/h4-11H,1-3H3,(H,17,19). The van der Waals surface area contributed by atoms with Crippen LogP contribution in [0.15, 0.2) is 42.5 Å². The Morgan fingerprint density at radius 3 is 2.25 bits per heavy atom. The van der Waals surface area contributed by atoms with Crippen LogP contribution in [0.25, 0.3) is 6.08 Å². The summed E-state index contributed by atoms with van der Waals surface area (Å²) in [7, 11) is 1.63. The van der Waals surface area contributed by atoms with E-state index in [4.69, 9.17) is 4.74 Å². The lowest BCUT2D eigenvalue weighted by atomic mass is 10.2. The molecule has 2 aromatic rings. The smallest absolute Gasteiger partial charge is 0.262 e. The van der Waals surface area contributed by atoms with Gasteiger partial charge in [0.05, 0.1) is 7.11 Å². The second kappa shape index (κ2) is 6.10. The van der Waals surface area contributed by atoms with Crippen molar-refractivity contribution in [1.29, 1.82) is 0 Å². The molecule has 2 rings (SSSR count). The van der Waals surface area contributed by atoms with Crippen LogP contribution in [0.2, 0.25) is 0 Å².